The molecule has 0 aliphatic heterocycles. The quantitative estimate of drug-likeness (QED) is 0.851. The van der Waals surface area contributed by atoms with Crippen LogP contribution in [0.15, 0.2) is 30.3 Å². The third-order valence-electron chi connectivity index (χ3n) is 3.55. The number of nitrogens with one attached hydrogen (secondary N) is 1. The van der Waals surface area contributed by atoms with E-state index in [1.807, 2.05) is 44.2 Å². The summed E-state index contributed by atoms with van der Waals surface area (Å²) >= 11 is 0. The number of hydrogen-bond acceptors (Lipinski definition) is 3. The molecule has 4 nitrogen and oxygen atoms in total. The summed E-state index contributed by atoms with van der Waals surface area (Å²) < 4.78 is 5.91. The molecule has 3 N–H and O–H groups in total. The summed E-state index contributed by atoms with van der Waals surface area (Å²) in [5.74, 6) is 0.567. The fourth-order valence-corrected chi connectivity index (χ4v) is 2.77. The molecule has 0 saturated heterocycles. The van der Waals surface area contributed by atoms with Gasteiger partial charge in [0.2, 0.25) is 5.91 Å². The second-order valence-corrected chi connectivity index (χ2v) is 5.54. The minimum Gasteiger partial charge on any atom is -0.490 e. The first-order valence-corrected chi connectivity index (χ1v) is 6.81. The molecule has 0 aromatic heterocycles. The van der Waals surface area contributed by atoms with Crippen LogP contribution in [0.2, 0.25) is 0 Å². The number of rotatable bonds is 5. The van der Waals surface area contributed by atoms with Crippen LogP contribution in [0.25, 0.3) is 0 Å². The molecule has 1 aromatic carbocycles. The standard InChI is InChI=1S/C15H22N2O2/c1-11(2)17-15(14(16)18)9-8-13(10-15)19-12-6-4-3-5-7-12/h3-7,11,13,17H,8-10H2,1-2H3,(H2,16,18). The van der Waals surface area contributed by atoms with Crippen LogP contribution in [-0.4, -0.2) is 23.6 Å². The molecule has 1 amide bonds. The van der Waals surface area contributed by atoms with Crippen molar-refractivity contribution in [2.45, 2.75) is 50.8 Å². The van der Waals surface area contributed by atoms with Crippen LogP contribution in [0.3, 0.4) is 0 Å². The van der Waals surface area contributed by atoms with E-state index in [0.717, 1.165) is 18.6 Å². The van der Waals surface area contributed by atoms with Gasteiger partial charge in [0.15, 0.2) is 0 Å². The fourth-order valence-electron chi connectivity index (χ4n) is 2.77. The number of carbonyl (C=O) groups excluding carboxylic acids is 1. The number of nitrogens with two attached hydrogens (primary N) is 1. The summed E-state index contributed by atoms with van der Waals surface area (Å²) in [6, 6.07) is 9.93. The summed E-state index contributed by atoms with van der Waals surface area (Å²) in [5, 5.41) is 3.32. The summed E-state index contributed by atoms with van der Waals surface area (Å²) in [6.07, 6.45) is 2.26. The average Bonchev–Trinajstić information content (AvgIpc) is 2.74. The Balaban J connectivity index is 2.03. The molecule has 19 heavy (non-hydrogen) atoms. The highest BCUT2D eigenvalue weighted by Crippen LogP contribution is 2.33. The second kappa shape index (κ2) is 5.61. The fraction of sp³-hybridized carbons (Fsp3) is 0.533. The van der Waals surface area contributed by atoms with Crippen molar-refractivity contribution in [1.29, 1.82) is 0 Å². The number of para-hydroxylation sites is 1. The number of benzene rings is 1. The van der Waals surface area contributed by atoms with E-state index in [1.54, 1.807) is 0 Å². The number of primary amides is 1. The highest BCUT2D eigenvalue weighted by molar-refractivity contribution is 5.85. The smallest absolute Gasteiger partial charge is 0.237 e. The number of amides is 1. The van der Waals surface area contributed by atoms with E-state index >= 15 is 0 Å². The summed E-state index contributed by atoms with van der Waals surface area (Å²) in [4.78, 5) is 11.8. The van der Waals surface area contributed by atoms with Gasteiger partial charge in [0.05, 0.1) is 0 Å². The van der Waals surface area contributed by atoms with Gasteiger partial charge >= 0.3 is 0 Å². The van der Waals surface area contributed by atoms with Crippen LogP contribution in [0.5, 0.6) is 5.75 Å². The van der Waals surface area contributed by atoms with E-state index in [-0.39, 0.29) is 18.1 Å². The van der Waals surface area contributed by atoms with Gasteiger partial charge in [-0.3, -0.25) is 4.79 Å². The predicted octanol–water partition coefficient (Wildman–Crippen LogP) is 1.84. The first-order chi connectivity index (χ1) is 9.02. The zero-order chi connectivity index (χ0) is 13.9. The van der Waals surface area contributed by atoms with E-state index < -0.39 is 5.54 Å². The first-order valence-electron chi connectivity index (χ1n) is 6.81. The van der Waals surface area contributed by atoms with Crippen molar-refractivity contribution in [3.8, 4) is 5.75 Å². The van der Waals surface area contributed by atoms with Gasteiger partial charge in [-0.25, -0.2) is 0 Å². The maximum atomic E-state index is 11.8. The highest BCUT2D eigenvalue weighted by Gasteiger charge is 2.45. The molecule has 0 bridgehead atoms. The Morgan fingerprint density at radius 3 is 2.68 bits per heavy atom. The van der Waals surface area contributed by atoms with Gasteiger partial charge < -0.3 is 15.8 Å². The Hall–Kier alpha value is -1.55. The third kappa shape index (κ3) is 3.26. The topological polar surface area (TPSA) is 64.3 Å². The van der Waals surface area contributed by atoms with Crippen molar-refractivity contribution < 1.29 is 9.53 Å². The lowest BCUT2D eigenvalue weighted by Gasteiger charge is -2.29. The molecule has 1 saturated carbocycles. The Morgan fingerprint density at radius 2 is 2.11 bits per heavy atom. The Bertz CT molecular complexity index is 433. The molecule has 1 fully saturated rings. The van der Waals surface area contributed by atoms with Crippen molar-refractivity contribution in [1.82, 2.24) is 5.32 Å². The van der Waals surface area contributed by atoms with Crippen molar-refractivity contribution >= 4 is 5.91 Å². The molecule has 0 spiro atoms. The number of hydrogen-bond donors (Lipinski definition) is 2. The molecular weight excluding hydrogens is 240 g/mol. The van der Waals surface area contributed by atoms with E-state index in [0.29, 0.717) is 6.42 Å². The molecule has 2 unspecified atom stereocenters. The van der Waals surface area contributed by atoms with E-state index in [9.17, 15) is 4.79 Å². The predicted molar refractivity (Wildman–Crippen MR) is 74.9 cm³/mol. The lowest BCUT2D eigenvalue weighted by molar-refractivity contribution is -0.124. The van der Waals surface area contributed by atoms with Crippen molar-refractivity contribution in [2.75, 3.05) is 0 Å². The SMILES string of the molecule is CC(C)NC1(C(N)=O)CCC(Oc2ccccc2)C1. The van der Waals surface area contributed by atoms with E-state index in [2.05, 4.69) is 5.32 Å². The van der Waals surface area contributed by atoms with Gasteiger partial charge in [0.1, 0.15) is 17.4 Å². The number of carbonyl (C=O) groups is 1. The van der Waals surface area contributed by atoms with Gasteiger partial charge in [-0.15, -0.1) is 0 Å². The molecule has 4 heteroatoms. The second-order valence-electron chi connectivity index (χ2n) is 5.54. The van der Waals surface area contributed by atoms with Crippen LogP contribution in [0.1, 0.15) is 33.1 Å². The summed E-state index contributed by atoms with van der Waals surface area (Å²) in [7, 11) is 0. The summed E-state index contributed by atoms with van der Waals surface area (Å²) in [6.45, 7) is 4.05. The molecule has 2 atom stereocenters. The van der Waals surface area contributed by atoms with Crippen LogP contribution in [-0.2, 0) is 4.79 Å². The third-order valence-corrected chi connectivity index (χ3v) is 3.55. The van der Waals surface area contributed by atoms with Gasteiger partial charge in [0.25, 0.3) is 0 Å². The van der Waals surface area contributed by atoms with Crippen LogP contribution >= 0.6 is 0 Å². The van der Waals surface area contributed by atoms with E-state index in [1.165, 1.54) is 0 Å². The van der Waals surface area contributed by atoms with Gasteiger partial charge in [-0.1, -0.05) is 18.2 Å². The monoisotopic (exact) mass is 262 g/mol. The molecule has 104 valence electrons. The lowest BCUT2D eigenvalue weighted by Crippen LogP contribution is -2.56. The maximum Gasteiger partial charge on any atom is 0.237 e. The molecule has 0 heterocycles. The lowest BCUT2D eigenvalue weighted by atomic mass is 9.95. The summed E-state index contributed by atoms with van der Waals surface area (Å²) in [5.41, 5.74) is 4.96. The maximum absolute atomic E-state index is 11.8. The molecule has 1 aliphatic carbocycles. The van der Waals surface area contributed by atoms with Crippen molar-refractivity contribution in [3.63, 3.8) is 0 Å². The highest BCUT2D eigenvalue weighted by atomic mass is 16.5. The largest absolute Gasteiger partial charge is 0.490 e. The normalized spacial score (nSPS) is 26.6. The van der Waals surface area contributed by atoms with Crippen molar-refractivity contribution in [2.24, 2.45) is 5.73 Å². The Morgan fingerprint density at radius 1 is 1.42 bits per heavy atom. The van der Waals surface area contributed by atoms with Gasteiger partial charge in [-0.05, 0) is 38.8 Å². The minimum atomic E-state index is -0.617. The minimum absolute atomic E-state index is 0.0427. The first kappa shape index (κ1) is 13.9. The molecule has 1 aliphatic rings. The van der Waals surface area contributed by atoms with Crippen LogP contribution < -0.4 is 15.8 Å². The van der Waals surface area contributed by atoms with E-state index in [4.69, 9.17) is 10.5 Å². The molecule has 0 radical (unpaired) electrons. The zero-order valence-electron chi connectivity index (χ0n) is 11.6. The van der Waals surface area contributed by atoms with Crippen LogP contribution in [0, 0.1) is 0 Å². The number of ether oxygens (including phenoxy) is 1. The molecule has 2 rings (SSSR count). The Labute approximate surface area is 114 Å². The zero-order valence-corrected chi connectivity index (χ0v) is 11.6. The van der Waals surface area contributed by atoms with Gasteiger partial charge in [-0.2, -0.15) is 0 Å². The average molecular weight is 262 g/mol. The Kier molecular flexibility index (Phi) is 4.10. The van der Waals surface area contributed by atoms with Crippen LogP contribution in [0.4, 0.5) is 0 Å². The molecular formula is C15H22N2O2. The van der Waals surface area contributed by atoms with Crippen molar-refractivity contribution in [3.05, 3.63) is 30.3 Å². The molecule has 1 aromatic rings. The van der Waals surface area contributed by atoms with Gasteiger partial charge in [0, 0.05) is 12.5 Å².